The van der Waals surface area contributed by atoms with Gasteiger partial charge in [0.25, 0.3) is 0 Å². The van der Waals surface area contributed by atoms with E-state index in [2.05, 4.69) is 14.9 Å². The molecule has 104 valence electrons. The second kappa shape index (κ2) is 6.01. The fourth-order valence-corrected chi connectivity index (χ4v) is 2.67. The molecule has 0 radical (unpaired) electrons. The van der Waals surface area contributed by atoms with Gasteiger partial charge in [0, 0.05) is 31.5 Å². The van der Waals surface area contributed by atoms with E-state index in [0.29, 0.717) is 5.92 Å². The first-order valence-electron chi connectivity index (χ1n) is 7.11. The van der Waals surface area contributed by atoms with Crippen LogP contribution in [0.4, 0.5) is 5.82 Å². The van der Waals surface area contributed by atoms with Crippen LogP contribution in [-0.2, 0) is 0 Å². The predicted molar refractivity (Wildman–Crippen MR) is 79.5 cm³/mol. The van der Waals surface area contributed by atoms with Gasteiger partial charge in [-0.25, -0.2) is 9.97 Å². The van der Waals surface area contributed by atoms with Crippen molar-refractivity contribution < 1.29 is 5.11 Å². The average molecular weight is 269 g/mol. The zero-order chi connectivity index (χ0) is 13.8. The molecule has 1 aromatic heterocycles. The minimum atomic E-state index is 0.257. The van der Waals surface area contributed by atoms with Crippen LogP contribution in [0.1, 0.15) is 12.8 Å². The Kier molecular flexibility index (Phi) is 3.92. The minimum Gasteiger partial charge on any atom is -0.396 e. The van der Waals surface area contributed by atoms with Crippen molar-refractivity contribution in [2.24, 2.45) is 5.92 Å². The summed E-state index contributed by atoms with van der Waals surface area (Å²) in [7, 11) is 0. The maximum absolute atomic E-state index is 9.33. The Morgan fingerprint density at radius 3 is 2.85 bits per heavy atom. The molecule has 0 saturated carbocycles. The molecule has 4 heteroatoms. The van der Waals surface area contributed by atoms with Crippen LogP contribution in [0.15, 0.2) is 42.6 Å². The van der Waals surface area contributed by atoms with E-state index >= 15 is 0 Å². The lowest BCUT2D eigenvalue weighted by atomic mass is 9.99. The van der Waals surface area contributed by atoms with Crippen LogP contribution in [0.2, 0.25) is 0 Å². The van der Waals surface area contributed by atoms with Crippen molar-refractivity contribution >= 4 is 5.82 Å². The lowest BCUT2D eigenvalue weighted by molar-refractivity contribution is 0.208. The van der Waals surface area contributed by atoms with Crippen molar-refractivity contribution in [2.75, 3.05) is 24.6 Å². The summed E-state index contributed by atoms with van der Waals surface area (Å²) in [5.74, 6) is 2.07. The highest BCUT2D eigenvalue weighted by atomic mass is 16.3. The molecule has 0 bridgehead atoms. The Balaban J connectivity index is 1.84. The van der Waals surface area contributed by atoms with Crippen LogP contribution < -0.4 is 4.90 Å². The minimum absolute atomic E-state index is 0.257. The summed E-state index contributed by atoms with van der Waals surface area (Å²) in [6, 6.07) is 12.0. The largest absolute Gasteiger partial charge is 0.396 e. The van der Waals surface area contributed by atoms with Crippen molar-refractivity contribution in [2.45, 2.75) is 12.8 Å². The van der Waals surface area contributed by atoms with Crippen LogP contribution in [0, 0.1) is 5.92 Å². The number of hydrogen-bond donors (Lipinski definition) is 1. The SMILES string of the molecule is OC[C@@H]1CCCN(c2ccnc(-c3ccccc3)n2)C1. The molecule has 1 N–H and O–H groups in total. The van der Waals surface area contributed by atoms with Crippen LogP contribution in [-0.4, -0.2) is 34.8 Å². The molecule has 0 amide bonds. The number of benzene rings is 1. The first kappa shape index (κ1) is 13.1. The second-order valence-corrected chi connectivity index (χ2v) is 5.24. The van der Waals surface area contributed by atoms with Gasteiger partial charge in [0.15, 0.2) is 5.82 Å². The number of anilines is 1. The maximum atomic E-state index is 9.33. The smallest absolute Gasteiger partial charge is 0.161 e. The average Bonchev–Trinajstić information content (AvgIpc) is 2.56. The molecule has 0 aliphatic carbocycles. The number of rotatable bonds is 3. The van der Waals surface area contributed by atoms with Gasteiger partial charge in [0.1, 0.15) is 5.82 Å². The summed E-state index contributed by atoms with van der Waals surface area (Å²) >= 11 is 0. The fourth-order valence-electron chi connectivity index (χ4n) is 2.67. The molecule has 1 fully saturated rings. The molecule has 3 rings (SSSR count). The molecule has 20 heavy (non-hydrogen) atoms. The third kappa shape index (κ3) is 2.80. The van der Waals surface area contributed by atoms with Gasteiger partial charge in [0.2, 0.25) is 0 Å². The molecule has 1 atom stereocenters. The quantitative estimate of drug-likeness (QED) is 0.929. The number of nitrogens with zero attached hydrogens (tertiary/aromatic N) is 3. The Morgan fingerprint density at radius 1 is 1.20 bits per heavy atom. The lowest BCUT2D eigenvalue weighted by Crippen LogP contribution is -2.37. The zero-order valence-electron chi connectivity index (χ0n) is 11.4. The summed E-state index contributed by atoms with van der Waals surface area (Å²) < 4.78 is 0. The van der Waals surface area contributed by atoms with E-state index < -0.39 is 0 Å². The van der Waals surface area contributed by atoms with Crippen LogP contribution >= 0.6 is 0 Å². The number of aromatic nitrogens is 2. The fraction of sp³-hybridized carbons (Fsp3) is 0.375. The number of aliphatic hydroxyl groups excluding tert-OH is 1. The highest BCUT2D eigenvalue weighted by molar-refractivity contribution is 5.57. The first-order valence-corrected chi connectivity index (χ1v) is 7.11. The highest BCUT2D eigenvalue weighted by Crippen LogP contribution is 2.23. The number of aliphatic hydroxyl groups is 1. The van der Waals surface area contributed by atoms with Crippen molar-refractivity contribution in [1.29, 1.82) is 0 Å². The standard InChI is InChI=1S/C16H19N3O/c20-12-13-5-4-10-19(11-13)15-8-9-17-16(18-15)14-6-2-1-3-7-14/h1-3,6-9,13,20H,4-5,10-12H2/t13-/m1/s1. The molecule has 4 nitrogen and oxygen atoms in total. The van der Waals surface area contributed by atoms with Crippen LogP contribution in [0.25, 0.3) is 11.4 Å². The van der Waals surface area contributed by atoms with E-state index in [4.69, 9.17) is 0 Å². The van der Waals surface area contributed by atoms with Gasteiger partial charge < -0.3 is 10.0 Å². The molecule has 1 aliphatic rings. The summed E-state index contributed by atoms with van der Waals surface area (Å²) in [6.45, 7) is 2.14. The molecule has 2 heterocycles. The summed E-state index contributed by atoms with van der Waals surface area (Å²) in [6.07, 6.45) is 4.02. The zero-order valence-corrected chi connectivity index (χ0v) is 11.4. The molecular formula is C16H19N3O. The van der Waals surface area contributed by atoms with Gasteiger partial charge in [-0.05, 0) is 24.8 Å². The van der Waals surface area contributed by atoms with Crippen molar-refractivity contribution in [3.63, 3.8) is 0 Å². The molecular weight excluding hydrogens is 250 g/mol. The van der Waals surface area contributed by atoms with Crippen molar-refractivity contribution in [1.82, 2.24) is 9.97 Å². The molecule has 1 aromatic carbocycles. The van der Waals surface area contributed by atoms with Gasteiger partial charge in [-0.3, -0.25) is 0 Å². The Hall–Kier alpha value is -1.94. The van der Waals surface area contributed by atoms with Gasteiger partial charge in [-0.15, -0.1) is 0 Å². The summed E-state index contributed by atoms with van der Waals surface area (Å²) in [5, 5.41) is 9.33. The molecule has 1 saturated heterocycles. The number of hydrogen-bond acceptors (Lipinski definition) is 4. The number of piperidine rings is 1. The van der Waals surface area contributed by atoms with Crippen molar-refractivity contribution in [3.8, 4) is 11.4 Å². The van der Waals surface area contributed by atoms with Gasteiger partial charge in [0.05, 0.1) is 0 Å². The normalized spacial score (nSPS) is 19.1. The van der Waals surface area contributed by atoms with E-state index in [1.54, 1.807) is 0 Å². The van der Waals surface area contributed by atoms with Crippen molar-refractivity contribution in [3.05, 3.63) is 42.6 Å². The Labute approximate surface area is 119 Å². The Bertz CT molecular complexity index is 559. The van der Waals surface area contributed by atoms with Crippen LogP contribution in [0.5, 0.6) is 0 Å². The Morgan fingerprint density at radius 2 is 2.05 bits per heavy atom. The van der Waals surface area contributed by atoms with Gasteiger partial charge in [-0.2, -0.15) is 0 Å². The maximum Gasteiger partial charge on any atom is 0.161 e. The van der Waals surface area contributed by atoms with Gasteiger partial charge in [-0.1, -0.05) is 30.3 Å². The van der Waals surface area contributed by atoms with E-state index in [1.165, 1.54) is 0 Å². The van der Waals surface area contributed by atoms with Gasteiger partial charge >= 0.3 is 0 Å². The topological polar surface area (TPSA) is 49.2 Å². The second-order valence-electron chi connectivity index (χ2n) is 5.24. The van der Waals surface area contributed by atoms with E-state index in [-0.39, 0.29) is 6.61 Å². The summed E-state index contributed by atoms with van der Waals surface area (Å²) in [4.78, 5) is 11.3. The highest BCUT2D eigenvalue weighted by Gasteiger charge is 2.20. The molecule has 1 aliphatic heterocycles. The third-order valence-corrected chi connectivity index (χ3v) is 3.77. The third-order valence-electron chi connectivity index (χ3n) is 3.77. The van der Waals surface area contributed by atoms with E-state index in [0.717, 1.165) is 43.1 Å². The predicted octanol–water partition coefficient (Wildman–Crippen LogP) is 2.35. The monoisotopic (exact) mass is 269 g/mol. The van der Waals surface area contributed by atoms with E-state index in [1.807, 2.05) is 42.6 Å². The van der Waals surface area contributed by atoms with Crippen LogP contribution in [0.3, 0.4) is 0 Å². The first-order chi connectivity index (χ1) is 9.86. The lowest BCUT2D eigenvalue weighted by Gasteiger charge is -2.32. The van der Waals surface area contributed by atoms with E-state index in [9.17, 15) is 5.11 Å². The molecule has 0 spiro atoms. The molecule has 2 aromatic rings. The molecule has 0 unspecified atom stereocenters. The summed E-state index contributed by atoms with van der Waals surface area (Å²) in [5.41, 5.74) is 1.03.